The lowest BCUT2D eigenvalue weighted by atomic mass is 10.2. The van der Waals surface area contributed by atoms with Crippen LogP contribution in [0.25, 0.3) is 0 Å². The number of nitrogen functional groups attached to an aromatic ring is 1. The van der Waals surface area contributed by atoms with Crippen molar-refractivity contribution in [2.75, 3.05) is 19.5 Å². The number of hydrogen-bond acceptors (Lipinski definition) is 5. The van der Waals surface area contributed by atoms with Crippen LogP contribution >= 0.6 is 15.9 Å². The van der Waals surface area contributed by atoms with E-state index in [1.165, 1.54) is 4.68 Å². The van der Waals surface area contributed by atoms with Crippen molar-refractivity contribution in [2.24, 2.45) is 5.10 Å². The molecule has 2 N–H and O–H groups in total. The van der Waals surface area contributed by atoms with E-state index in [0.29, 0.717) is 24.1 Å². The second-order valence-electron chi connectivity index (χ2n) is 5.06. The Balaban J connectivity index is 2.24. The van der Waals surface area contributed by atoms with Gasteiger partial charge in [0.05, 0.1) is 31.8 Å². The van der Waals surface area contributed by atoms with Gasteiger partial charge in [-0.2, -0.15) is 5.10 Å². The summed E-state index contributed by atoms with van der Waals surface area (Å²) in [6.07, 6.45) is 5.54. The zero-order chi connectivity index (χ0) is 16.8. The van der Waals surface area contributed by atoms with Crippen molar-refractivity contribution in [3.63, 3.8) is 0 Å². The Morgan fingerprint density at radius 1 is 1.39 bits per heavy atom. The minimum Gasteiger partial charge on any atom is -0.493 e. The Morgan fingerprint density at radius 2 is 2.17 bits per heavy atom. The summed E-state index contributed by atoms with van der Waals surface area (Å²) in [5, 5.41) is 4.32. The van der Waals surface area contributed by atoms with Gasteiger partial charge in [-0.25, -0.2) is 9.66 Å². The van der Waals surface area contributed by atoms with Gasteiger partial charge < -0.3 is 15.2 Å². The van der Waals surface area contributed by atoms with E-state index >= 15 is 0 Å². The fourth-order valence-electron chi connectivity index (χ4n) is 1.97. The molecule has 2 rings (SSSR count). The van der Waals surface area contributed by atoms with Crippen LogP contribution in [-0.2, 0) is 0 Å². The highest BCUT2D eigenvalue weighted by Gasteiger charge is 2.09. The number of aryl methyl sites for hydroxylation is 1. The monoisotopic (exact) mass is 380 g/mol. The van der Waals surface area contributed by atoms with Crippen LogP contribution in [0.1, 0.15) is 31.0 Å². The molecule has 2 aromatic rings. The van der Waals surface area contributed by atoms with Gasteiger partial charge in [0, 0.05) is 10.0 Å². The molecule has 1 heterocycles. The third-order valence-corrected chi connectivity index (χ3v) is 3.88. The zero-order valence-corrected chi connectivity index (χ0v) is 15.1. The zero-order valence-electron chi connectivity index (χ0n) is 13.5. The lowest BCUT2D eigenvalue weighted by Gasteiger charge is -2.12. The number of unbranched alkanes of at least 4 members (excludes halogenated alkanes) is 1. The van der Waals surface area contributed by atoms with Crippen molar-refractivity contribution in [2.45, 2.75) is 26.7 Å². The van der Waals surface area contributed by atoms with E-state index < -0.39 is 0 Å². The number of nitrogens with zero attached hydrogens (tertiary/aromatic N) is 3. The van der Waals surface area contributed by atoms with Gasteiger partial charge in [0.1, 0.15) is 0 Å². The van der Waals surface area contributed by atoms with E-state index in [1.807, 2.05) is 19.1 Å². The number of halogens is 1. The molecule has 0 radical (unpaired) electrons. The molecule has 0 unspecified atom stereocenters. The van der Waals surface area contributed by atoms with Gasteiger partial charge >= 0.3 is 0 Å². The number of methoxy groups -OCH3 is 1. The summed E-state index contributed by atoms with van der Waals surface area (Å²) in [4.78, 5) is 4.11. The summed E-state index contributed by atoms with van der Waals surface area (Å²) in [6, 6.07) is 3.76. The molecule has 0 aliphatic rings. The summed E-state index contributed by atoms with van der Waals surface area (Å²) >= 11 is 3.53. The average Bonchev–Trinajstić information content (AvgIpc) is 2.84. The lowest BCUT2D eigenvalue weighted by molar-refractivity contribution is 0.288. The molecule has 0 atom stereocenters. The summed E-state index contributed by atoms with van der Waals surface area (Å²) in [7, 11) is 1.62. The number of aromatic nitrogens is 2. The first-order chi connectivity index (χ1) is 11.0. The van der Waals surface area contributed by atoms with Gasteiger partial charge in [-0.05, 0) is 41.4 Å². The van der Waals surface area contributed by atoms with E-state index in [4.69, 9.17) is 15.2 Å². The molecular weight excluding hydrogens is 360 g/mol. The number of hydrogen-bond donors (Lipinski definition) is 1. The fraction of sp³-hybridized carbons (Fsp3) is 0.375. The summed E-state index contributed by atoms with van der Waals surface area (Å²) in [6.45, 7) is 4.65. The van der Waals surface area contributed by atoms with Gasteiger partial charge in [-0.1, -0.05) is 13.3 Å². The molecule has 1 aromatic heterocycles. The Hall–Kier alpha value is -2.02. The first-order valence-corrected chi connectivity index (χ1v) is 8.20. The van der Waals surface area contributed by atoms with Gasteiger partial charge in [0.25, 0.3) is 0 Å². The van der Waals surface area contributed by atoms with Gasteiger partial charge in [0.15, 0.2) is 11.5 Å². The molecule has 0 spiro atoms. The van der Waals surface area contributed by atoms with Crippen LogP contribution in [0.5, 0.6) is 11.5 Å². The molecule has 0 fully saturated rings. The van der Waals surface area contributed by atoms with Crippen molar-refractivity contribution in [3.8, 4) is 11.5 Å². The molecule has 6 nitrogen and oxygen atoms in total. The molecule has 0 aliphatic carbocycles. The Bertz CT molecular complexity index is 698. The predicted octanol–water partition coefficient (Wildman–Crippen LogP) is 3.61. The van der Waals surface area contributed by atoms with E-state index in [9.17, 15) is 0 Å². The minimum atomic E-state index is 0.348. The van der Waals surface area contributed by atoms with Crippen LogP contribution < -0.4 is 15.2 Å². The lowest BCUT2D eigenvalue weighted by Crippen LogP contribution is -2.01. The number of benzene rings is 1. The number of ether oxygens (including phenoxy) is 2. The average molecular weight is 381 g/mol. The van der Waals surface area contributed by atoms with Crippen molar-refractivity contribution in [3.05, 3.63) is 34.1 Å². The Kier molecular flexibility index (Phi) is 6.04. The summed E-state index contributed by atoms with van der Waals surface area (Å²) < 4.78 is 13.5. The maximum absolute atomic E-state index is 5.77. The van der Waals surface area contributed by atoms with Crippen LogP contribution in [0.15, 0.2) is 27.9 Å². The standard InChI is InChI=1S/C16H21BrN4O2/c1-4-5-6-23-15-8-13(17)12(7-14(15)22-3)9-19-21-10-11(2)20-16(21)18/h7-10H,4-6H2,1-3H3,(H2,18,20). The van der Waals surface area contributed by atoms with Gasteiger partial charge in [-0.15, -0.1) is 0 Å². The predicted molar refractivity (Wildman–Crippen MR) is 95.5 cm³/mol. The molecule has 0 saturated carbocycles. The van der Waals surface area contributed by atoms with Crippen molar-refractivity contribution in [1.29, 1.82) is 0 Å². The van der Waals surface area contributed by atoms with E-state index in [2.05, 4.69) is 32.9 Å². The first-order valence-electron chi connectivity index (χ1n) is 7.41. The Labute approximate surface area is 144 Å². The molecule has 0 saturated heterocycles. The van der Waals surface area contributed by atoms with Crippen LogP contribution in [0.3, 0.4) is 0 Å². The van der Waals surface area contributed by atoms with Crippen LogP contribution in [0.2, 0.25) is 0 Å². The molecule has 1 aromatic carbocycles. The van der Waals surface area contributed by atoms with Gasteiger partial charge in [-0.3, -0.25) is 0 Å². The van der Waals surface area contributed by atoms with Crippen LogP contribution in [0, 0.1) is 6.92 Å². The third-order valence-electron chi connectivity index (χ3n) is 3.19. The quantitative estimate of drug-likeness (QED) is 0.587. The van der Waals surface area contributed by atoms with E-state index in [1.54, 1.807) is 19.5 Å². The van der Waals surface area contributed by atoms with Crippen molar-refractivity contribution < 1.29 is 9.47 Å². The molecule has 0 aliphatic heterocycles. The molecule has 0 amide bonds. The molecule has 23 heavy (non-hydrogen) atoms. The molecule has 0 bridgehead atoms. The topological polar surface area (TPSA) is 74.7 Å². The minimum absolute atomic E-state index is 0.348. The first kappa shape index (κ1) is 17.3. The SMILES string of the molecule is CCCCOc1cc(Br)c(C=Nn2cc(C)nc2N)cc1OC. The van der Waals surface area contributed by atoms with E-state index in [0.717, 1.165) is 28.6 Å². The smallest absolute Gasteiger partial charge is 0.221 e. The number of anilines is 1. The highest BCUT2D eigenvalue weighted by molar-refractivity contribution is 9.10. The van der Waals surface area contributed by atoms with Crippen LogP contribution in [0.4, 0.5) is 5.95 Å². The second kappa shape index (κ2) is 8.01. The van der Waals surface area contributed by atoms with Crippen molar-refractivity contribution >= 4 is 28.1 Å². The fourth-order valence-corrected chi connectivity index (χ4v) is 2.39. The third kappa shape index (κ3) is 4.48. The normalized spacial score (nSPS) is 11.1. The Morgan fingerprint density at radius 3 is 2.78 bits per heavy atom. The van der Waals surface area contributed by atoms with Crippen LogP contribution in [-0.4, -0.2) is 29.6 Å². The number of rotatable bonds is 7. The second-order valence-corrected chi connectivity index (χ2v) is 5.91. The summed E-state index contributed by atoms with van der Waals surface area (Å²) in [5.41, 5.74) is 7.45. The van der Waals surface area contributed by atoms with E-state index in [-0.39, 0.29) is 0 Å². The molecular formula is C16H21BrN4O2. The highest BCUT2D eigenvalue weighted by Crippen LogP contribution is 2.33. The maximum Gasteiger partial charge on any atom is 0.221 e. The maximum atomic E-state index is 5.77. The van der Waals surface area contributed by atoms with Crippen molar-refractivity contribution in [1.82, 2.24) is 9.66 Å². The number of nitrogens with two attached hydrogens (primary N) is 1. The number of imidazole rings is 1. The molecule has 7 heteroatoms. The summed E-state index contributed by atoms with van der Waals surface area (Å²) in [5.74, 6) is 1.73. The molecule has 124 valence electrons. The largest absolute Gasteiger partial charge is 0.493 e. The van der Waals surface area contributed by atoms with Gasteiger partial charge in [0.2, 0.25) is 5.95 Å². The highest BCUT2D eigenvalue weighted by atomic mass is 79.9.